The van der Waals surface area contributed by atoms with E-state index in [-0.39, 0.29) is 0 Å². The summed E-state index contributed by atoms with van der Waals surface area (Å²) in [4.78, 5) is 0. The maximum Gasteiger partial charge on any atom is 0.209 e. The Labute approximate surface area is 34.8 Å². The van der Waals surface area contributed by atoms with Crippen molar-refractivity contribution >= 4 is 0 Å². The molecule has 0 fully saturated rings. The summed E-state index contributed by atoms with van der Waals surface area (Å²) in [7, 11) is 0. The number of nitrogens with zero attached hydrogens (tertiary/aromatic N) is 1. The third-order valence-corrected chi connectivity index (χ3v) is 0.260. The van der Waals surface area contributed by atoms with Gasteiger partial charge in [-0.1, -0.05) is 0 Å². The molecule has 0 spiro atoms. The molecule has 0 radical (unpaired) electrons. The van der Waals surface area contributed by atoms with E-state index in [4.69, 9.17) is 10.4 Å². The summed E-state index contributed by atoms with van der Waals surface area (Å²) in [6, 6.07) is 1.44. The van der Waals surface area contributed by atoms with Crippen LogP contribution in [0.4, 0.5) is 4.39 Å². The zero-order valence-electron chi connectivity index (χ0n) is 3.06. The molecule has 0 aromatic carbocycles. The van der Waals surface area contributed by atoms with Crippen LogP contribution in [0, 0.1) is 11.3 Å². The van der Waals surface area contributed by atoms with Crippen molar-refractivity contribution in [1.82, 2.24) is 0 Å². The summed E-state index contributed by atoms with van der Waals surface area (Å²) in [6.45, 7) is 0. The summed E-state index contributed by atoms with van der Waals surface area (Å²) >= 11 is 0. The second-order valence-electron chi connectivity index (χ2n) is 0.797. The van der Waals surface area contributed by atoms with Gasteiger partial charge < -0.3 is 5.11 Å². The fourth-order valence-corrected chi connectivity index (χ4v) is 0.0753. The lowest BCUT2D eigenvalue weighted by atomic mass is 10.5. The van der Waals surface area contributed by atoms with Gasteiger partial charge in [-0.25, -0.2) is 4.39 Å². The Morgan fingerprint density at radius 2 is 2.50 bits per heavy atom. The van der Waals surface area contributed by atoms with Gasteiger partial charge >= 0.3 is 0 Å². The number of halogens is 1. The zero-order valence-corrected chi connectivity index (χ0v) is 3.06. The van der Waals surface area contributed by atoms with E-state index in [1.54, 1.807) is 0 Å². The van der Waals surface area contributed by atoms with Crippen LogP contribution < -0.4 is 0 Å². The van der Waals surface area contributed by atoms with Crippen molar-refractivity contribution in [2.75, 3.05) is 0 Å². The minimum atomic E-state index is -1.96. The van der Waals surface area contributed by atoms with Crippen LogP contribution in [0.1, 0.15) is 6.42 Å². The molecule has 1 unspecified atom stereocenters. The van der Waals surface area contributed by atoms with Crippen molar-refractivity contribution in [1.29, 1.82) is 5.26 Å². The quantitative estimate of drug-likeness (QED) is 0.498. The van der Waals surface area contributed by atoms with Gasteiger partial charge in [0, 0.05) is 0 Å². The maximum atomic E-state index is 11.0. The first-order valence-electron chi connectivity index (χ1n) is 1.46. The Balaban J connectivity index is 2.88. The standard InChI is InChI=1S/C3H4FNO/c4-3(6)1-2-5/h3,6H,1H2. The molecular weight excluding hydrogens is 85.0 g/mol. The molecule has 0 heterocycles. The summed E-state index contributed by atoms with van der Waals surface area (Å²) in [6.07, 6.45) is -2.39. The molecule has 0 amide bonds. The van der Waals surface area contributed by atoms with Crippen LogP contribution in [-0.2, 0) is 0 Å². The molecule has 1 N–H and O–H groups in total. The molecular formula is C3H4FNO. The lowest BCUT2D eigenvalue weighted by Gasteiger charge is -1.83. The third kappa shape index (κ3) is 3.38. The van der Waals surface area contributed by atoms with Crippen molar-refractivity contribution in [2.45, 2.75) is 12.8 Å². The highest BCUT2D eigenvalue weighted by Gasteiger charge is 1.92. The number of rotatable bonds is 1. The van der Waals surface area contributed by atoms with Crippen LogP contribution in [0.3, 0.4) is 0 Å². The normalized spacial score (nSPS) is 12.8. The molecule has 2 nitrogen and oxygen atoms in total. The highest BCUT2D eigenvalue weighted by atomic mass is 19.1. The number of hydrogen-bond donors (Lipinski definition) is 1. The van der Waals surface area contributed by atoms with Gasteiger partial charge in [0.2, 0.25) is 6.36 Å². The largest absolute Gasteiger partial charge is 0.363 e. The first-order valence-corrected chi connectivity index (χ1v) is 1.46. The molecule has 0 aliphatic rings. The number of alkyl halides is 1. The van der Waals surface area contributed by atoms with Gasteiger partial charge in [-0.2, -0.15) is 5.26 Å². The molecule has 0 bridgehead atoms. The monoisotopic (exact) mass is 89.0 g/mol. The van der Waals surface area contributed by atoms with Crippen LogP contribution in [0.25, 0.3) is 0 Å². The minimum Gasteiger partial charge on any atom is -0.363 e. The van der Waals surface area contributed by atoms with Crippen molar-refractivity contribution in [3.05, 3.63) is 0 Å². The zero-order chi connectivity index (χ0) is 4.99. The van der Waals surface area contributed by atoms with Crippen LogP contribution >= 0.6 is 0 Å². The lowest BCUT2D eigenvalue weighted by molar-refractivity contribution is 0.0470. The van der Waals surface area contributed by atoms with Crippen LogP contribution in [0.5, 0.6) is 0 Å². The van der Waals surface area contributed by atoms with E-state index in [9.17, 15) is 4.39 Å². The second kappa shape index (κ2) is 2.61. The number of aliphatic hydroxyl groups excluding tert-OH is 1. The predicted octanol–water partition coefficient (Wildman–Crippen LogP) is 0.188. The molecule has 0 saturated carbocycles. The Morgan fingerprint density at radius 3 is 2.50 bits per heavy atom. The fraction of sp³-hybridized carbons (Fsp3) is 0.667. The maximum absolute atomic E-state index is 11.0. The topological polar surface area (TPSA) is 44.0 Å². The van der Waals surface area contributed by atoms with Gasteiger partial charge in [-0.05, 0) is 0 Å². The van der Waals surface area contributed by atoms with E-state index in [0.29, 0.717) is 0 Å². The highest BCUT2D eigenvalue weighted by Crippen LogP contribution is 1.86. The summed E-state index contributed by atoms with van der Waals surface area (Å²) in [5.74, 6) is 0. The number of aliphatic hydroxyl groups is 1. The summed E-state index contributed by atoms with van der Waals surface area (Å²) in [5.41, 5.74) is 0. The molecule has 1 atom stereocenters. The average molecular weight is 89.1 g/mol. The van der Waals surface area contributed by atoms with Gasteiger partial charge in [0.25, 0.3) is 0 Å². The molecule has 0 aromatic rings. The molecule has 0 saturated heterocycles. The Kier molecular flexibility index (Phi) is 2.34. The lowest BCUT2D eigenvalue weighted by Crippen LogP contribution is -1.92. The van der Waals surface area contributed by atoms with Crippen molar-refractivity contribution in [2.24, 2.45) is 0 Å². The Hall–Kier alpha value is -0.620. The molecule has 34 valence electrons. The van der Waals surface area contributed by atoms with E-state index in [2.05, 4.69) is 0 Å². The third-order valence-electron chi connectivity index (χ3n) is 0.260. The van der Waals surface area contributed by atoms with E-state index in [0.717, 1.165) is 0 Å². The van der Waals surface area contributed by atoms with Crippen molar-refractivity contribution in [3.8, 4) is 6.07 Å². The van der Waals surface area contributed by atoms with E-state index in [1.165, 1.54) is 6.07 Å². The molecule has 0 aromatic heterocycles. The first-order chi connectivity index (χ1) is 2.77. The smallest absolute Gasteiger partial charge is 0.209 e. The Morgan fingerprint density at radius 1 is 2.00 bits per heavy atom. The van der Waals surface area contributed by atoms with Crippen LogP contribution in [0.15, 0.2) is 0 Å². The number of nitriles is 1. The van der Waals surface area contributed by atoms with Crippen molar-refractivity contribution in [3.63, 3.8) is 0 Å². The molecule has 6 heavy (non-hydrogen) atoms. The van der Waals surface area contributed by atoms with E-state index >= 15 is 0 Å². The van der Waals surface area contributed by atoms with Gasteiger partial charge in [0.1, 0.15) is 0 Å². The van der Waals surface area contributed by atoms with E-state index in [1.807, 2.05) is 0 Å². The highest BCUT2D eigenvalue weighted by molar-refractivity contribution is 4.68. The van der Waals surface area contributed by atoms with Gasteiger partial charge in [0.05, 0.1) is 12.5 Å². The number of hydrogen-bond acceptors (Lipinski definition) is 2. The second-order valence-corrected chi connectivity index (χ2v) is 0.797. The van der Waals surface area contributed by atoms with Gasteiger partial charge in [-0.15, -0.1) is 0 Å². The predicted molar refractivity (Wildman–Crippen MR) is 17.3 cm³/mol. The van der Waals surface area contributed by atoms with Crippen molar-refractivity contribution < 1.29 is 9.50 Å². The summed E-state index contributed by atoms with van der Waals surface area (Å²) in [5, 5.41) is 15.2. The molecule has 0 aliphatic heterocycles. The summed E-state index contributed by atoms with van der Waals surface area (Å²) < 4.78 is 11.0. The van der Waals surface area contributed by atoms with Gasteiger partial charge in [0.15, 0.2) is 0 Å². The SMILES string of the molecule is N#CCC(O)F. The van der Waals surface area contributed by atoms with Gasteiger partial charge in [-0.3, -0.25) is 0 Å². The fourth-order valence-electron chi connectivity index (χ4n) is 0.0753. The molecule has 0 rings (SSSR count). The minimum absolute atomic E-state index is 0.431. The molecule has 3 heteroatoms. The van der Waals surface area contributed by atoms with Crippen LogP contribution in [0.2, 0.25) is 0 Å². The van der Waals surface area contributed by atoms with Crippen LogP contribution in [-0.4, -0.2) is 11.5 Å². The average Bonchev–Trinajstić information content (AvgIpc) is 1.35. The molecule has 0 aliphatic carbocycles. The van der Waals surface area contributed by atoms with E-state index < -0.39 is 12.8 Å². The Bertz CT molecular complexity index is 65.7. The first kappa shape index (κ1) is 5.38.